The van der Waals surface area contributed by atoms with E-state index in [4.69, 9.17) is 5.11 Å². The first-order valence-electron chi connectivity index (χ1n) is 10.3. The van der Waals surface area contributed by atoms with Crippen LogP contribution in [0.25, 0.3) is 0 Å². The topological polar surface area (TPSA) is 63.6 Å². The lowest BCUT2D eigenvalue weighted by Gasteiger charge is -2.02. The zero-order valence-corrected chi connectivity index (χ0v) is 18.1. The van der Waals surface area contributed by atoms with Crippen molar-refractivity contribution in [3.8, 4) is 0 Å². The van der Waals surface area contributed by atoms with Crippen LogP contribution in [0, 0.1) is 0 Å². The minimum atomic E-state index is -0.435. The fraction of sp³-hybridized carbons (Fsp3) is 0.900. The first-order valence-corrected chi connectivity index (χ1v) is 12.8. The minimum absolute atomic E-state index is 0.274. The van der Waals surface area contributed by atoms with Gasteiger partial charge in [-0.1, -0.05) is 112 Å². The van der Waals surface area contributed by atoms with E-state index >= 15 is 0 Å². The summed E-state index contributed by atoms with van der Waals surface area (Å²) >= 11 is 0. The van der Waals surface area contributed by atoms with E-state index in [1.165, 1.54) is 105 Å². The van der Waals surface area contributed by atoms with Gasteiger partial charge in [0.15, 0.2) is 0 Å². The van der Waals surface area contributed by atoms with E-state index in [1.54, 1.807) is 0 Å². The van der Waals surface area contributed by atoms with E-state index in [9.17, 15) is 9.59 Å². The Bertz CT molecular complexity index is 308. The Labute approximate surface area is 168 Å². The molecule has 1 rings (SSSR count). The van der Waals surface area contributed by atoms with E-state index in [-0.39, 0.29) is 11.5 Å². The number of carbonyl (C=O) groups excluding carboxylic acids is 2. The van der Waals surface area contributed by atoms with Gasteiger partial charge in [0.1, 0.15) is 11.5 Å². The van der Waals surface area contributed by atoms with Crippen LogP contribution in [-0.4, -0.2) is 35.2 Å². The number of hydrogen-bond donors (Lipinski definition) is 1. The molecular formula is C20H38O4S2. The van der Waals surface area contributed by atoms with Crippen LogP contribution in [0.3, 0.4) is 0 Å². The number of aliphatic hydroxyl groups is 1. The van der Waals surface area contributed by atoms with Gasteiger partial charge in [-0.3, -0.25) is 9.59 Å². The van der Waals surface area contributed by atoms with Gasteiger partial charge in [0.25, 0.3) is 0 Å². The molecule has 1 aliphatic rings. The number of rotatable bonds is 14. The lowest BCUT2D eigenvalue weighted by atomic mass is 10.0. The molecule has 1 saturated heterocycles. The molecule has 1 fully saturated rings. The third-order valence-electron chi connectivity index (χ3n) is 4.18. The molecule has 4 nitrogen and oxygen atoms in total. The highest BCUT2D eigenvalue weighted by molar-refractivity contribution is 8.77. The van der Waals surface area contributed by atoms with Crippen LogP contribution in [0.4, 0.5) is 0 Å². The van der Waals surface area contributed by atoms with E-state index < -0.39 is 11.9 Å². The van der Waals surface area contributed by atoms with Gasteiger partial charge >= 0.3 is 11.9 Å². The fourth-order valence-electron chi connectivity index (χ4n) is 2.67. The van der Waals surface area contributed by atoms with Crippen molar-refractivity contribution in [3.63, 3.8) is 0 Å². The molecule has 1 heterocycles. The zero-order valence-electron chi connectivity index (χ0n) is 16.5. The smallest absolute Gasteiger partial charge is 0.324 e. The molecule has 0 bridgehead atoms. The van der Waals surface area contributed by atoms with Crippen molar-refractivity contribution in [2.75, 3.05) is 18.1 Å². The summed E-state index contributed by atoms with van der Waals surface area (Å²) in [6, 6.07) is 0. The van der Waals surface area contributed by atoms with Crippen LogP contribution >= 0.6 is 21.6 Å². The van der Waals surface area contributed by atoms with Crippen LogP contribution in [0.1, 0.15) is 96.8 Å². The second-order valence-electron chi connectivity index (χ2n) is 6.69. The first-order chi connectivity index (χ1) is 12.7. The van der Waals surface area contributed by atoms with Crippen LogP contribution in [0.15, 0.2) is 0 Å². The van der Waals surface area contributed by atoms with Crippen molar-refractivity contribution in [2.45, 2.75) is 96.8 Å². The van der Waals surface area contributed by atoms with Crippen LogP contribution in [0.2, 0.25) is 0 Å². The molecule has 0 atom stereocenters. The van der Waals surface area contributed by atoms with Crippen molar-refractivity contribution in [3.05, 3.63) is 0 Å². The number of aliphatic hydroxyl groups excluding tert-OH is 1. The molecule has 0 aromatic heterocycles. The number of cyclic esters (lactones) is 2. The molecule has 0 radical (unpaired) electrons. The average molecular weight is 407 g/mol. The number of hydrogen-bond acceptors (Lipinski definition) is 6. The Balaban J connectivity index is 0.000000577. The Morgan fingerprint density at radius 3 is 1.38 bits per heavy atom. The summed E-state index contributed by atoms with van der Waals surface area (Å²) in [5.74, 6) is -0.322. The lowest BCUT2D eigenvalue weighted by Crippen LogP contribution is -2.12. The maximum absolute atomic E-state index is 10.4. The molecule has 0 spiro atoms. The predicted molar refractivity (Wildman–Crippen MR) is 113 cm³/mol. The second kappa shape index (κ2) is 21.1. The summed E-state index contributed by atoms with van der Waals surface area (Å²) in [5.41, 5.74) is 0. The number of unbranched alkanes of at least 4 members (excludes halogenated alkanes) is 13. The summed E-state index contributed by atoms with van der Waals surface area (Å²) in [6.45, 7) is 2.65. The molecule has 154 valence electrons. The van der Waals surface area contributed by atoms with Crippen molar-refractivity contribution >= 4 is 33.5 Å². The monoisotopic (exact) mass is 406 g/mol. The molecule has 0 aromatic carbocycles. The summed E-state index contributed by atoms with van der Waals surface area (Å²) in [7, 11) is 2.70. The Kier molecular flexibility index (Phi) is 20.9. The molecule has 1 N–H and O–H groups in total. The van der Waals surface area contributed by atoms with Gasteiger partial charge in [-0.25, -0.2) is 0 Å². The number of esters is 2. The molecule has 1 aliphatic heterocycles. The number of ether oxygens (including phenoxy) is 1. The van der Waals surface area contributed by atoms with Crippen LogP contribution in [0.5, 0.6) is 0 Å². The van der Waals surface area contributed by atoms with Gasteiger partial charge in [0.05, 0.1) is 0 Å². The van der Waals surface area contributed by atoms with Gasteiger partial charge < -0.3 is 9.84 Å². The fourth-order valence-corrected chi connectivity index (χ4v) is 4.23. The summed E-state index contributed by atoms with van der Waals surface area (Å²) in [6.07, 6.45) is 19.2. The third kappa shape index (κ3) is 20.1. The van der Waals surface area contributed by atoms with E-state index in [0.29, 0.717) is 6.61 Å². The van der Waals surface area contributed by atoms with Gasteiger partial charge in [0, 0.05) is 6.61 Å². The highest BCUT2D eigenvalue weighted by Gasteiger charge is 2.15. The highest BCUT2D eigenvalue weighted by Crippen LogP contribution is 2.23. The minimum Gasteiger partial charge on any atom is -0.396 e. The van der Waals surface area contributed by atoms with Gasteiger partial charge in [0.2, 0.25) is 0 Å². The van der Waals surface area contributed by atoms with Gasteiger partial charge in [-0.2, -0.15) is 0 Å². The summed E-state index contributed by atoms with van der Waals surface area (Å²) in [5, 5.41) is 8.64. The number of carbonyl (C=O) groups is 2. The quantitative estimate of drug-likeness (QED) is 0.167. The first kappa shape index (κ1) is 25.8. The van der Waals surface area contributed by atoms with Gasteiger partial charge in [-0.05, 0) is 6.42 Å². The van der Waals surface area contributed by atoms with E-state index in [1.807, 2.05) is 0 Å². The second-order valence-corrected chi connectivity index (χ2v) is 9.15. The maximum Gasteiger partial charge on any atom is 0.324 e. The maximum atomic E-state index is 10.4. The zero-order chi connectivity index (χ0) is 19.3. The van der Waals surface area contributed by atoms with Crippen LogP contribution < -0.4 is 0 Å². The summed E-state index contributed by atoms with van der Waals surface area (Å²) < 4.78 is 4.29. The molecule has 26 heavy (non-hydrogen) atoms. The molecule has 0 saturated carbocycles. The highest BCUT2D eigenvalue weighted by atomic mass is 33.1. The van der Waals surface area contributed by atoms with E-state index in [0.717, 1.165) is 6.42 Å². The third-order valence-corrected chi connectivity index (χ3v) is 6.26. The normalized spacial score (nSPS) is 14.4. The molecule has 0 unspecified atom stereocenters. The van der Waals surface area contributed by atoms with Crippen LogP contribution in [-0.2, 0) is 14.3 Å². The molecule has 6 heteroatoms. The van der Waals surface area contributed by atoms with E-state index in [2.05, 4.69) is 11.7 Å². The Morgan fingerprint density at radius 2 is 1.04 bits per heavy atom. The lowest BCUT2D eigenvalue weighted by molar-refractivity contribution is -0.155. The standard InChI is InChI=1S/C16H34O.C4H4O3S2/c1-2-3-4-5-6-7-8-9-10-11-12-13-14-15-16-17;5-3-1-8-9-2-4(6)7-3/h17H,2-16H2,1H3;1-2H2. The molecular weight excluding hydrogens is 368 g/mol. The Morgan fingerprint density at radius 1 is 0.692 bits per heavy atom. The average Bonchev–Trinajstić information content (AvgIpc) is 2.82. The molecule has 0 aliphatic carbocycles. The largest absolute Gasteiger partial charge is 0.396 e. The molecule has 0 aromatic rings. The van der Waals surface area contributed by atoms with Crippen molar-refractivity contribution < 1.29 is 19.4 Å². The van der Waals surface area contributed by atoms with Gasteiger partial charge in [-0.15, -0.1) is 0 Å². The van der Waals surface area contributed by atoms with Crippen molar-refractivity contribution in [1.29, 1.82) is 0 Å². The van der Waals surface area contributed by atoms with Crippen molar-refractivity contribution in [2.24, 2.45) is 0 Å². The van der Waals surface area contributed by atoms with Crippen molar-refractivity contribution in [1.82, 2.24) is 0 Å². The molecule has 0 amide bonds. The Hall–Kier alpha value is -0.200. The summed E-state index contributed by atoms with van der Waals surface area (Å²) in [4.78, 5) is 20.8. The SMILES string of the molecule is CCCCCCCCCCCCCCCCO.O=C1CSSCC(=O)O1. The predicted octanol–water partition coefficient (Wildman–Crippen LogP) is 5.91.